The first-order valence-corrected chi connectivity index (χ1v) is 11.9. The summed E-state index contributed by atoms with van der Waals surface area (Å²) in [5.74, 6) is 0.699. The molecule has 0 amide bonds. The maximum atomic E-state index is 9.86. The van der Waals surface area contributed by atoms with E-state index in [1.54, 1.807) is 7.11 Å². The second-order valence-electron chi connectivity index (χ2n) is 8.56. The van der Waals surface area contributed by atoms with Crippen molar-refractivity contribution in [3.05, 3.63) is 46.7 Å². The Balaban J connectivity index is 1.49. The third-order valence-corrected chi connectivity index (χ3v) is 6.70. The predicted molar refractivity (Wildman–Crippen MR) is 133 cm³/mol. The molecular weight excluding hydrogens is 470 g/mol. The van der Waals surface area contributed by atoms with Crippen LogP contribution < -0.4 is 9.64 Å². The van der Waals surface area contributed by atoms with Crippen molar-refractivity contribution in [2.24, 2.45) is 0 Å². The Morgan fingerprint density at radius 2 is 1.94 bits per heavy atom. The number of pyridine rings is 1. The summed E-state index contributed by atoms with van der Waals surface area (Å²) in [5, 5.41) is 9.86. The van der Waals surface area contributed by atoms with E-state index in [1.165, 1.54) is 18.7 Å². The third kappa shape index (κ3) is 5.09. The molecule has 7 nitrogen and oxygen atoms in total. The van der Waals surface area contributed by atoms with Gasteiger partial charge in [0.15, 0.2) is 0 Å². The first-order chi connectivity index (χ1) is 15.5. The smallest absolute Gasteiger partial charge is 0.139 e. The van der Waals surface area contributed by atoms with Gasteiger partial charge in [0.1, 0.15) is 11.4 Å². The summed E-state index contributed by atoms with van der Waals surface area (Å²) in [6.07, 6.45) is 5.30. The second kappa shape index (κ2) is 10.2. The van der Waals surface area contributed by atoms with Crippen LogP contribution in [0.3, 0.4) is 0 Å². The van der Waals surface area contributed by atoms with Crippen LogP contribution in [0.5, 0.6) is 5.75 Å². The van der Waals surface area contributed by atoms with Gasteiger partial charge in [-0.2, -0.15) is 0 Å². The van der Waals surface area contributed by atoms with Gasteiger partial charge in [0, 0.05) is 55.9 Å². The van der Waals surface area contributed by atoms with Crippen molar-refractivity contribution in [3.63, 3.8) is 0 Å². The van der Waals surface area contributed by atoms with Crippen LogP contribution in [0.1, 0.15) is 12.0 Å². The normalized spacial score (nSPS) is 15.1. The summed E-state index contributed by atoms with van der Waals surface area (Å²) < 4.78 is 8.24. The van der Waals surface area contributed by atoms with Gasteiger partial charge < -0.3 is 24.0 Å². The van der Waals surface area contributed by atoms with Gasteiger partial charge in [0.2, 0.25) is 0 Å². The first-order valence-electron chi connectivity index (χ1n) is 11.1. The number of hydrogen-bond donors (Lipinski definition) is 1. The van der Waals surface area contributed by atoms with Gasteiger partial charge in [-0.25, -0.2) is 4.98 Å². The number of ether oxygens (including phenoxy) is 1. The molecule has 1 aliphatic rings. The van der Waals surface area contributed by atoms with E-state index < -0.39 is 0 Å². The molecule has 0 spiro atoms. The number of aliphatic hydroxyl groups is 1. The lowest BCUT2D eigenvalue weighted by Gasteiger charge is -2.36. The Morgan fingerprint density at radius 1 is 1.16 bits per heavy atom. The Morgan fingerprint density at radius 3 is 2.62 bits per heavy atom. The van der Waals surface area contributed by atoms with Gasteiger partial charge in [-0.1, -0.05) is 0 Å². The topological polar surface area (TPSA) is 56.5 Å². The van der Waals surface area contributed by atoms with Crippen LogP contribution in [-0.2, 0) is 6.61 Å². The molecule has 8 heteroatoms. The average Bonchev–Trinajstić information content (AvgIpc) is 3.22. The maximum absolute atomic E-state index is 9.86. The molecule has 0 unspecified atom stereocenters. The molecule has 3 aromatic rings. The van der Waals surface area contributed by atoms with Crippen LogP contribution in [0.2, 0.25) is 0 Å². The molecule has 1 aliphatic heterocycles. The van der Waals surface area contributed by atoms with Crippen molar-refractivity contribution in [1.82, 2.24) is 19.2 Å². The Hall–Kier alpha value is -2.13. The number of methoxy groups -OCH3 is 1. The molecule has 32 heavy (non-hydrogen) atoms. The predicted octanol–water partition coefficient (Wildman–Crippen LogP) is 3.34. The average molecular weight is 502 g/mol. The number of benzene rings is 1. The fourth-order valence-electron chi connectivity index (χ4n) is 4.26. The second-order valence-corrected chi connectivity index (χ2v) is 9.42. The fraction of sp³-hybridized carbons (Fsp3) is 0.458. The summed E-state index contributed by atoms with van der Waals surface area (Å²) in [7, 11) is 5.89. The van der Waals surface area contributed by atoms with Crippen molar-refractivity contribution in [3.8, 4) is 17.0 Å². The number of aromatic nitrogens is 2. The molecule has 1 N–H and O–H groups in total. The molecule has 1 saturated heterocycles. The van der Waals surface area contributed by atoms with Crippen molar-refractivity contribution in [2.75, 3.05) is 65.4 Å². The van der Waals surface area contributed by atoms with E-state index in [-0.39, 0.29) is 6.61 Å². The highest BCUT2D eigenvalue weighted by atomic mass is 79.9. The highest BCUT2D eigenvalue weighted by Crippen LogP contribution is 2.34. The van der Waals surface area contributed by atoms with E-state index in [9.17, 15) is 5.11 Å². The van der Waals surface area contributed by atoms with Crippen LogP contribution in [-0.4, -0.2) is 84.8 Å². The minimum atomic E-state index is -0.0725. The first kappa shape index (κ1) is 23.0. The zero-order chi connectivity index (χ0) is 22.7. The zero-order valence-electron chi connectivity index (χ0n) is 19.1. The summed E-state index contributed by atoms with van der Waals surface area (Å²) in [4.78, 5) is 12.1. The number of hydrogen-bond acceptors (Lipinski definition) is 6. The molecule has 1 aromatic carbocycles. The molecule has 172 valence electrons. The molecule has 0 saturated carbocycles. The zero-order valence-corrected chi connectivity index (χ0v) is 20.7. The van der Waals surface area contributed by atoms with Gasteiger partial charge >= 0.3 is 0 Å². The highest BCUT2D eigenvalue weighted by molar-refractivity contribution is 9.10. The van der Waals surface area contributed by atoms with Crippen molar-refractivity contribution < 1.29 is 9.84 Å². The van der Waals surface area contributed by atoms with Crippen molar-refractivity contribution in [1.29, 1.82) is 0 Å². The summed E-state index contributed by atoms with van der Waals surface area (Å²) in [6, 6.07) is 8.13. The number of nitrogens with zero attached hydrogens (tertiary/aromatic N) is 5. The van der Waals surface area contributed by atoms with Gasteiger partial charge in [0.25, 0.3) is 0 Å². The minimum Gasteiger partial charge on any atom is -0.496 e. The summed E-state index contributed by atoms with van der Waals surface area (Å²) in [6.45, 7) is 6.49. The van der Waals surface area contributed by atoms with E-state index in [1.807, 2.05) is 22.7 Å². The lowest BCUT2D eigenvalue weighted by atomic mass is 10.1. The molecule has 4 rings (SSSR count). The van der Waals surface area contributed by atoms with E-state index >= 15 is 0 Å². The van der Waals surface area contributed by atoms with E-state index in [0.717, 1.165) is 59.7 Å². The highest BCUT2D eigenvalue weighted by Gasteiger charge is 2.18. The fourth-order valence-corrected chi connectivity index (χ4v) is 4.76. The van der Waals surface area contributed by atoms with Crippen LogP contribution in [0.15, 0.2) is 41.1 Å². The molecule has 0 bridgehead atoms. The van der Waals surface area contributed by atoms with E-state index in [0.29, 0.717) is 5.75 Å². The lowest BCUT2D eigenvalue weighted by Crippen LogP contribution is -2.47. The SMILES string of the molecule is COc1cc(CO)c(-c2cn3ccc(N4CCN(CCCN(C)C)CC4)cc3n2)cc1Br. The number of halogens is 1. The maximum Gasteiger partial charge on any atom is 0.139 e. The van der Waals surface area contributed by atoms with Crippen LogP contribution in [0.25, 0.3) is 16.9 Å². The van der Waals surface area contributed by atoms with Gasteiger partial charge in [0.05, 0.1) is 23.9 Å². The number of anilines is 1. The largest absolute Gasteiger partial charge is 0.496 e. The van der Waals surface area contributed by atoms with Gasteiger partial charge in [-0.3, -0.25) is 4.90 Å². The number of imidazole rings is 1. The Labute approximate surface area is 198 Å². The minimum absolute atomic E-state index is 0.0725. The van der Waals surface area contributed by atoms with Crippen LogP contribution >= 0.6 is 15.9 Å². The van der Waals surface area contributed by atoms with E-state index in [4.69, 9.17) is 9.72 Å². The molecular formula is C24H32BrN5O2. The summed E-state index contributed by atoms with van der Waals surface area (Å²) in [5.41, 5.74) is 4.64. The van der Waals surface area contributed by atoms with Crippen LogP contribution in [0.4, 0.5) is 5.69 Å². The monoisotopic (exact) mass is 501 g/mol. The van der Waals surface area contributed by atoms with Crippen LogP contribution in [0, 0.1) is 0 Å². The molecule has 3 heterocycles. The molecule has 2 aromatic heterocycles. The summed E-state index contributed by atoms with van der Waals surface area (Å²) >= 11 is 3.55. The van der Waals surface area contributed by atoms with E-state index in [2.05, 4.69) is 63.1 Å². The number of rotatable bonds is 8. The molecule has 0 radical (unpaired) electrons. The standard InChI is InChI=1S/C24H32BrN5O2/c1-27(2)6-4-7-28-9-11-29(12-10-28)19-5-8-30-16-22(26-24(30)14-19)20-15-21(25)23(32-3)13-18(20)17-31/h5,8,13-16,31H,4,6-7,9-12,17H2,1-3H3. The number of piperazine rings is 1. The third-order valence-electron chi connectivity index (χ3n) is 6.08. The Kier molecular flexibility index (Phi) is 7.35. The van der Waals surface area contributed by atoms with Gasteiger partial charge in [-0.05, 0) is 73.3 Å². The van der Waals surface area contributed by atoms with Crippen molar-refractivity contribution >= 4 is 27.3 Å². The quantitative estimate of drug-likeness (QED) is 0.510. The Bertz CT molecular complexity index is 1060. The number of fused-ring (bicyclic) bond motifs is 1. The van der Waals surface area contributed by atoms with Gasteiger partial charge in [-0.15, -0.1) is 0 Å². The molecule has 0 aliphatic carbocycles. The molecule has 1 fully saturated rings. The molecule has 0 atom stereocenters. The van der Waals surface area contributed by atoms with Crippen molar-refractivity contribution in [2.45, 2.75) is 13.0 Å². The lowest BCUT2D eigenvalue weighted by molar-refractivity contribution is 0.242. The number of aliphatic hydroxyl groups excluding tert-OH is 1.